The van der Waals surface area contributed by atoms with Crippen LogP contribution in [0.4, 0.5) is 11.4 Å². The second-order valence-electron chi connectivity index (χ2n) is 4.77. The van der Waals surface area contributed by atoms with E-state index in [0.29, 0.717) is 0 Å². The number of aryl methyl sites for hydroxylation is 1. The van der Waals surface area contributed by atoms with E-state index < -0.39 is 6.10 Å². The van der Waals surface area contributed by atoms with Gasteiger partial charge in [0.05, 0.1) is 6.10 Å². The Labute approximate surface area is 122 Å². The maximum Gasteiger partial charge on any atom is 0.0782 e. The molecule has 2 aromatic rings. The average Bonchev–Trinajstić information content (AvgIpc) is 2.38. The van der Waals surface area contributed by atoms with Gasteiger partial charge in [-0.2, -0.15) is 0 Å². The second-order valence-corrected chi connectivity index (χ2v) is 5.69. The minimum absolute atomic E-state index is 0.490. The van der Waals surface area contributed by atoms with Crippen molar-refractivity contribution in [3.63, 3.8) is 0 Å². The van der Waals surface area contributed by atoms with Crippen LogP contribution in [0.1, 0.15) is 24.2 Å². The van der Waals surface area contributed by atoms with E-state index in [4.69, 9.17) is 0 Å². The van der Waals surface area contributed by atoms with E-state index in [-0.39, 0.29) is 0 Å². The third-order valence-electron chi connectivity index (χ3n) is 3.23. The standard InChI is InChI=1S/C16H18BrNO/c1-11-4-7-14(8-5-11)18(3)16-10-13(17)6-9-15(16)12(2)19/h4-10,12,19H,1-3H3. The lowest BCUT2D eigenvalue weighted by Crippen LogP contribution is -2.12. The number of hydrogen-bond donors (Lipinski definition) is 1. The zero-order valence-electron chi connectivity index (χ0n) is 11.4. The van der Waals surface area contributed by atoms with Gasteiger partial charge >= 0.3 is 0 Å². The van der Waals surface area contributed by atoms with Crippen LogP contribution >= 0.6 is 15.9 Å². The Morgan fingerprint density at radius 1 is 1.11 bits per heavy atom. The molecule has 0 saturated heterocycles. The third kappa shape index (κ3) is 3.17. The molecule has 0 spiro atoms. The maximum atomic E-state index is 9.89. The first-order valence-corrected chi connectivity index (χ1v) is 7.06. The van der Waals surface area contributed by atoms with Crippen molar-refractivity contribution in [2.45, 2.75) is 20.0 Å². The molecule has 19 heavy (non-hydrogen) atoms. The first-order chi connectivity index (χ1) is 8.99. The lowest BCUT2D eigenvalue weighted by atomic mass is 10.1. The van der Waals surface area contributed by atoms with Crippen molar-refractivity contribution in [1.82, 2.24) is 0 Å². The molecule has 0 heterocycles. The van der Waals surface area contributed by atoms with Crippen LogP contribution in [0.2, 0.25) is 0 Å². The fourth-order valence-corrected chi connectivity index (χ4v) is 2.42. The van der Waals surface area contributed by atoms with E-state index in [0.717, 1.165) is 21.4 Å². The summed E-state index contributed by atoms with van der Waals surface area (Å²) in [5.74, 6) is 0. The minimum Gasteiger partial charge on any atom is -0.389 e. The molecule has 0 fully saturated rings. The largest absolute Gasteiger partial charge is 0.389 e. The van der Waals surface area contributed by atoms with Gasteiger partial charge in [-0.15, -0.1) is 0 Å². The van der Waals surface area contributed by atoms with Crippen LogP contribution in [-0.4, -0.2) is 12.2 Å². The first-order valence-electron chi connectivity index (χ1n) is 6.27. The molecule has 0 aliphatic rings. The van der Waals surface area contributed by atoms with E-state index in [1.54, 1.807) is 6.92 Å². The van der Waals surface area contributed by atoms with E-state index >= 15 is 0 Å². The van der Waals surface area contributed by atoms with Gasteiger partial charge in [-0.05, 0) is 38.1 Å². The number of aliphatic hydroxyl groups is 1. The van der Waals surface area contributed by atoms with Gasteiger partial charge in [-0.3, -0.25) is 0 Å². The lowest BCUT2D eigenvalue weighted by molar-refractivity contribution is 0.200. The summed E-state index contributed by atoms with van der Waals surface area (Å²) in [6, 6.07) is 14.3. The van der Waals surface area contributed by atoms with Gasteiger partial charge < -0.3 is 10.0 Å². The van der Waals surface area contributed by atoms with Gasteiger partial charge in [0.25, 0.3) is 0 Å². The van der Waals surface area contributed by atoms with Gasteiger partial charge in [0, 0.05) is 28.5 Å². The SMILES string of the molecule is Cc1ccc(N(C)c2cc(Br)ccc2C(C)O)cc1. The van der Waals surface area contributed by atoms with E-state index in [9.17, 15) is 5.11 Å². The fraction of sp³-hybridized carbons (Fsp3) is 0.250. The molecule has 100 valence electrons. The number of rotatable bonds is 3. The highest BCUT2D eigenvalue weighted by molar-refractivity contribution is 9.10. The van der Waals surface area contributed by atoms with Crippen molar-refractivity contribution in [2.24, 2.45) is 0 Å². The molecule has 1 N–H and O–H groups in total. The summed E-state index contributed by atoms with van der Waals surface area (Å²) in [7, 11) is 2.01. The topological polar surface area (TPSA) is 23.5 Å². The summed E-state index contributed by atoms with van der Waals surface area (Å²) in [6.07, 6.45) is -0.490. The predicted octanol–water partition coefficient (Wildman–Crippen LogP) is 4.58. The van der Waals surface area contributed by atoms with Gasteiger partial charge in [0.1, 0.15) is 0 Å². The van der Waals surface area contributed by atoms with Gasteiger partial charge in [-0.1, -0.05) is 39.7 Å². The molecule has 0 saturated carbocycles. The molecule has 0 aliphatic heterocycles. The molecule has 0 amide bonds. The molecule has 0 radical (unpaired) electrons. The highest BCUT2D eigenvalue weighted by Crippen LogP contribution is 2.33. The maximum absolute atomic E-state index is 9.89. The highest BCUT2D eigenvalue weighted by atomic mass is 79.9. The van der Waals surface area contributed by atoms with Crippen LogP contribution in [0.5, 0.6) is 0 Å². The molecule has 0 aliphatic carbocycles. The number of aliphatic hydroxyl groups excluding tert-OH is 1. The first kappa shape index (κ1) is 14.1. The van der Waals surface area contributed by atoms with Crippen molar-refractivity contribution in [2.75, 3.05) is 11.9 Å². The minimum atomic E-state index is -0.490. The van der Waals surface area contributed by atoms with Crippen molar-refractivity contribution in [3.05, 3.63) is 58.1 Å². The van der Waals surface area contributed by atoms with Crippen LogP contribution in [0.3, 0.4) is 0 Å². The number of nitrogens with zero attached hydrogens (tertiary/aromatic N) is 1. The highest BCUT2D eigenvalue weighted by Gasteiger charge is 2.13. The Balaban J connectivity index is 2.45. The Kier molecular flexibility index (Phi) is 4.27. The summed E-state index contributed by atoms with van der Waals surface area (Å²) in [5.41, 5.74) is 4.27. The van der Waals surface area contributed by atoms with Crippen molar-refractivity contribution in [3.8, 4) is 0 Å². The molecular formula is C16H18BrNO. The monoisotopic (exact) mass is 319 g/mol. The number of halogens is 1. The summed E-state index contributed by atoms with van der Waals surface area (Å²) >= 11 is 3.49. The number of anilines is 2. The summed E-state index contributed by atoms with van der Waals surface area (Å²) in [4.78, 5) is 2.09. The van der Waals surface area contributed by atoms with Gasteiger partial charge in [-0.25, -0.2) is 0 Å². The summed E-state index contributed by atoms with van der Waals surface area (Å²) < 4.78 is 1.01. The fourth-order valence-electron chi connectivity index (χ4n) is 2.07. The Bertz CT molecular complexity index is 563. The smallest absolute Gasteiger partial charge is 0.0782 e. The average molecular weight is 320 g/mol. The zero-order valence-corrected chi connectivity index (χ0v) is 13.0. The molecule has 0 bridgehead atoms. The summed E-state index contributed by atoms with van der Waals surface area (Å²) in [5, 5.41) is 9.89. The van der Waals surface area contributed by atoms with Gasteiger partial charge in [0.2, 0.25) is 0 Å². The summed E-state index contributed by atoms with van der Waals surface area (Å²) in [6.45, 7) is 3.86. The molecule has 1 atom stereocenters. The van der Waals surface area contributed by atoms with Crippen molar-refractivity contribution in [1.29, 1.82) is 0 Å². The molecule has 2 rings (SSSR count). The van der Waals surface area contributed by atoms with Crippen LogP contribution in [0.15, 0.2) is 46.9 Å². The second kappa shape index (κ2) is 5.76. The van der Waals surface area contributed by atoms with Crippen LogP contribution in [-0.2, 0) is 0 Å². The molecule has 2 nitrogen and oxygen atoms in total. The quantitative estimate of drug-likeness (QED) is 0.895. The zero-order chi connectivity index (χ0) is 14.0. The Hall–Kier alpha value is -1.32. The molecule has 0 aromatic heterocycles. The van der Waals surface area contributed by atoms with E-state index in [1.807, 2.05) is 25.2 Å². The third-order valence-corrected chi connectivity index (χ3v) is 3.72. The number of benzene rings is 2. The van der Waals surface area contributed by atoms with Crippen molar-refractivity contribution >= 4 is 27.3 Å². The van der Waals surface area contributed by atoms with E-state index in [2.05, 4.69) is 52.0 Å². The number of hydrogen-bond acceptors (Lipinski definition) is 2. The van der Waals surface area contributed by atoms with Crippen molar-refractivity contribution < 1.29 is 5.11 Å². The Morgan fingerprint density at radius 3 is 2.32 bits per heavy atom. The normalized spacial score (nSPS) is 12.3. The Morgan fingerprint density at radius 2 is 1.74 bits per heavy atom. The van der Waals surface area contributed by atoms with Crippen LogP contribution in [0, 0.1) is 6.92 Å². The molecule has 1 unspecified atom stereocenters. The molecular weight excluding hydrogens is 302 g/mol. The lowest BCUT2D eigenvalue weighted by Gasteiger charge is -2.24. The van der Waals surface area contributed by atoms with E-state index in [1.165, 1.54) is 5.56 Å². The molecule has 2 aromatic carbocycles. The van der Waals surface area contributed by atoms with Crippen LogP contribution in [0.25, 0.3) is 0 Å². The predicted molar refractivity (Wildman–Crippen MR) is 84.0 cm³/mol. The van der Waals surface area contributed by atoms with Crippen LogP contribution < -0.4 is 4.90 Å². The molecule has 3 heteroatoms. The van der Waals surface area contributed by atoms with Gasteiger partial charge in [0.15, 0.2) is 0 Å².